The van der Waals surface area contributed by atoms with Gasteiger partial charge in [0, 0.05) is 44.8 Å². The molecule has 0 radical (unpaired) electrons. The standard InChI is InChI=1S/C47H46N12O11S2/c1-68-35-11-5-30(6-12-35)27-57(28-31-7-13-36(69-2)14-8-31)72(66,67)43-41(71(64,65)55-34(24-51-46(60)61)25-52-47(62)63)18-17-38(33-19-21-48-39(23-33)40-26-50-45-49-20-4-22-58(40)45)42(43)44-53-56-59(54-44)29-32-9-15-37(70-3)16-10-32/h4-23,26,34,51-52,55H,24-25,27-29H2,1-3H3,(H,60,61)(H,62,63). The highest BCUT2D eigenvalue weighted by molar-refractivity contribution is 7.92. The molecule has 4 aromatic carbocycles. The van der Waals surface area contributed by atoms with Crippen molar-refractivity contribution in [2.24, 2.45) is 0 Å². The molecule has 2 amide bonds. The number of benzene rings is 4. The van der Waals surface area contributed by atoms with Crippen molar-refractivity contribution in [2.75, 3.05) is 34.4 Å². The second-order valence-corrected chi connectivity index (χ2v) is 19.4. The molecule has 25 heteroatoms. The highest BCUT2D eigenvalue weighted by atomic mass is 32.2. The molecule has 72 heavy (non-hydrogen) atoms. The molecular formula is C47H46N12O11S2. The molecule has 8 aromatic rings. The summed E-state index contributed by atoms with van der Waals surface area (Å²) in [4.78, 5) is 36.2. The van der Waals surface area contributed by atoms with Crippen LogP contribution in [0.2, 0.25) is 0 Å². The smallest absolute Gasteiger partial charge is 0.404 e. The Bertz CT molecular complexity index is 3380. The maximum absolute atomic E-state index is 16.2. The van der Waals surface area contributed by atoms with Crippen LogP contribution in [0.15, 0.2) is 138 Å². The quantitative estimate of drug-likeness (QED) is 0.0648. The van der Waals surface area contributed by atoms with Crippen molar-refractivity contribution >= 4 is 38.0 Å². The molecule has 8 rings (SSSR count). The van der Waals surface area contributed by atoms with E-state index >= 15 is 16.8 Å². The molecule has 0 saturated heterocycles. The third kappa shape index (κ3) is 11.4. The summed E-state index contributed by atoms with van der Waals surface area (Å²) in [5.41, 5.74) is 2.83. The summed E-state index contributed by atoms with van der Waals surface area (Å²) in [6.45, 7) is -1.80. The second-order valence-electron chi connectivity index (χ2n) is 15.8. The Balaban J connectivity index is 1.39. The van der Waals surface area contributed by atoms with E-state index in [0.717, 1.165) is 15.9 Å². The summed E-state index contributed by atoms with van der Waals surface area (Å²) >= 11 is 0. The number of aromatic nitrogens is 8. The highest BCUT2D eigenvalue weighted by Gasteiger charge is 2.39. The third-order valence-corrected chi connectivity index (χ3v) is 14.7. The molecule has 23 nitrogen and oxygen atoms in total. The molecule has 0 bridgehead atoms. The third-order valence-electron chi connectivity index (χ3n) is 11.1. The van der Waals surface area contributed by atoms with E-state index < -0.39 is 61.2 Å². The predicted octanol–water partition coefficient (Wildman–Crippen LogP) is 4.76. The van der Waals surface area contributed by atoms with Crippen molar-refractivity contribution in [1.29, 1.82) is 0 Å². The fraction of sp³-hybridized carbons (Fsp3) is 0.191. The van der Waals surface area contributed by atoms with Gasteiger partial charge in [-0.05, 0) is 93.7 Å². The molecule has 5 N–H and O–H groups in total. The van der Waals surface area contributed by atoms with E-state index in [1.165, 1.54) is 38.4 Å². The van der Waals surface area contributed by atoms with E-state index in [2.05, 4.69) is 45.7 Å². The normalized spacial score (nSPS) is 11.7. The van der Waals surface area contributed by atoms with Gasteiger partial charge in [0.25, 0.3) is 0 Å². The van der Waals surface area contributed by atoms with Gasteiger partial charge in [-0.1, -0.05) is 42.5 Å². The van der Waals surface area contributed by atoms with Gasteiger partial charge in [-0.15, -0.1) is 10.2 Å². The minimum atomic E-state index is -5.12. The molecule has 0 spiro atoms. The molecule has 4 aromatic heterocycles. The topological polar surface area (TPSA) is 297 Å². The molecular weight excluding hydrogens is 973 g/mol. The number of amides is 2. The maximum atomic E-state index is 16.2. The predicted molar refractivity (Wildman–Crippen MR) is 259 cm³/mol. The first-order valence-electron chi connectivity index (χ1n) is 21.7. The van der Waals surface area contributed by atoms with Gasteiger partial charge in [-0.25, -0.2) is 41.1 Å². The number of tetrazole rings is 1. The van der Waals surface area contributed by atoms with Crippen LogP contribution in [0.3, 0.4) is 0 Å². The Kier molecular flexibility index (Phi) is 15.0. The van der Waals surface area contributed by atoms with Crippen LogP contribution in [0.25, 0.3) is 39.7 Å². The maximum Gasteiger partial charge on any atom is 0.404 e. The lowest BCUT2D eigenvalue weighted by molar-refractivity contribution is 0.191. The molecule has 0 fully saturated rings. The lowest BCUT2D eigenvalue weighted by atomic mass is 9.99. The molecule has 372 valence electrons. The number of sulfonamides is 2. The summed E-state index contributed by atoms with van der Waals surface area (Å²) in [6.07, 6.45) is 3.34. The van der Waals surface area contributed by atoms with Crippen LogP contribution in [0.1, 0.15) is 16.7 Å². The van der Waals surface area contributed by atoms with Crippen molar-refractivity contribution in [2.45, 2.75) is 35.5 Å². The van der Waals surface area contributed by atoms with Gasteiger partial charge in [-0.3, -0.25) is 9.38 Å². The first-order valence-corrected chi connectivity index (χ1v) is 24.6. The number of carbonyl (C=O) groups is 2. The van der Waals surface area contributed by atoms with Crippen LogP contribution < -0.4 is 29.6 Å². The Labute approximate surface area is 412 Å². The second kappa shape index (κ2) is 21.6. The summed E-state index contributed by atoms with van der Waals surface area (Å²) < 4.78 is 83.7. The van der Waals surface area contributed by atoms with Crippen molar-refractivity contribution in [1.82, 2.24) is 59.2 Å². The fourth-order valence-electron chi connectivity index (χ4n) is 7.64. The number of rotatable bonds is 21. The number of hydrogen-bond acceptors (Lipinski definition) is 15. The van der Waals surface area contributed by atoms with E-state index in [4.69, 9.17) is 14.2 Å². The number of ether oxygens (including phenoxy) is 3. The van der Waals surface area contributed by atoms with E-state index in [1.807, 2.05) is 0 Å². The summed E-state index contributed by atoms with van der Waals surface area (Å²) in [5, 5.41) is 36.4. The summed E-state index contributed by atoms with van der Waals surface area (Å²) in [7, 11) is -5.70. The van der Waals surface area contributed by atoms with Crippen LogP contribution >= 0.6 is 0 Å². The van der Waals surface area contributed by atoms with Crippen LogP contribution in [-0.4, -0.2) is 124 Å². The zero-order chi connectivity index (χ0) is 51.0. The molecule has 0 atom stereocenters. The Hall–Kier alpha value is -8.52. The fourth-order valence-corrected chi connectivity index (χ4v) is 11.3. The lowest BCUT2D eigenvalue weighted by Crippen LogP contribution is -2.49. The number of nitrogens with one attached hydrogen (secondary N) is 3. The van der Waals surface area contributed by atoms with Crippen molar-refractivity contribution in [3.63, 3.8) is 0 Å². The van der Waals surface area contributed by atoms with Crippen molar-refractivity contribution < 1.29 is 50.8 Å². The van der Waals surface area contributed by atoms with Gasteiger partial charge in [0.05, 0.1) is 57.1 Å². The summed E-state index contributed by atoms with van der Waals surface area (Å²) in [6, 6.07) is 26.3. The first-order chi connectivity index (χ1) is 34.6. The molecule has 0 aliphatic heterocycles. The number of fused-ring (bicyclic) bond motifs is 1. The van der Waals surface area contributed by atoms with Crippen molar-refractivity contribution in [3.8, 4) is 51.2 Å². The van der Waals surface area contributed by atoms with Crippen LogP contribution in [-0.2, 0) is 39.7 Å². The summed E-state index contributed by atoms with van der Waals surface area (Å²) in [5.74, 6) is 1.70. The number of nitrogens with zero attached hydrogens (tertiary/aromatic N) is 9. The molecule has 4 heterocycles. The van der Waals surface area contributed by atoms with Crippen LogP contribution in [0.4, 0.5) is 9.59 Å². The average Bonchev–Trinajstić information content (AvgIpc) is 4.04. The van der Waals surface area contributed by atoms with Crippen molar-refractivity contribution in [3.05, 3.63) is 145 Å². The minimum absolute atomic E-state index is 0.0472. The number of hydrogen-bond donors (Lipinski definition) is 5. The Morgan fingerprint density at radius 2 is 1.31 bits per heavy atom. The SMILES string of the molecule is COc1ccc(CN(Cc2ccc(OC)cc2)S(=O)(=O)c2c(S(=O)(=O)NC(CNC(=O)O)CNC(=O)O)ccc(-c3ccnc(-c4cnc5ncccn45)c3)c2-c2nnn(Cc3ccc(OC)cc3)n2)cc1. The van der Waals surface area contributed by atoms with Gasteiger partial charge < -0.3 is 35.1 Å². The minimum Gasteiger partial charge on any atom is -0.497 e. The van der Waals surface area contributed by atoms with Crippen LogP contribution in [0, 0.1) is 0 Å². The average molecular weight is 1020 g/mol. The molecule has 0 saturated carbocycles. The van der Waals surface area contributed by atoms with Gasteiger partial charge in [0.1, 0.15) is 27.0 Å². The lowest BCUT2D eigenvalue weighted by Gasteiger charge is -2.27. The Morgan fingerprint density at radius 3 is 1.88 bits per heavy atom. The van der Waals surface area contributed by atoms with Gasteiger partial charge in [0.15, 0.2) is 0 Å². The van der Waals surface area contributed by atoms with Gasteiger partial charge in [0.2, 0.25) is 31.6 Å². The first kappa shape index (κ1) is 49.9. The molecule has 0 aliphatic rings. The Morgan fingerprint density at radius 1 is 0.722 bits per heavy atom. The van der Waals surface area contributed by atoms with E-state index in [-0.39, 0.29) is 36.6 Å². The van der Waals surface area contributed by atoms with E-state index in [1.54, 1.807) is 114 Å². The van der Waals surface area contributed by atoms with Crippen LogP contribution in [0.5, 0.6) is 17.2 Å². The monoisotopic (exact) mass is 1020 g/mol. The number of imidazole rings is 1. The van der Waals surface area contributed by atoms with Gasteiger partial charge in [-0.2, -0.15) is 9.10 Å². The highest BCUT2D eigenvalue weighted by Crippen LogP contribution is 2.42. The molecule has 0 aliphatic carbocycles. The zero-order valence-electron chi connectivity index (χ0n) is 38.6. The number of carboxylic acid groups (broad SMARTS) is 2. The zero-order valence-corrected chi connectivity index (χ0v) is 40.3. The number of methoxy groups -OCH3 is 3. The van der Waals surface area contributed by atoms with E-state index in [9.17, 15) is 19.8 Å². The number of pyridine rings is 1. The largest absolute Gasteiger partial charge is 0.497 e. The van der Waals surface area contributed by atoms with Gasteiger partial charge >= 0.3 is 12.2 Å². The molecule has 0 unspecified atom stereocenters. The van der Waals surface area contributed by atoms with E-state index in [0.29, 0.717) is 51.1 Å².